The molecule has 0 bridgehead atoms. The lowest BCUT2D eigenvalue weighted by Crippen LogP contribution is -2.16. The minimum Gasteiger partial charge on any atom is -0.229 e. The molecule has 0 amide bonds. The van der Waals surface area contributed by atoms with Gasteiger partial charge in [-0.15, -0.1) is 0 Å². The van der Waals surface area contributed by atoms with Gasteiger partial charge in [0, 0.05) is 0 Å². The quantitative estimate of drug-likeness (QED) is 0.654. The van der Waals surface area contributed by atoms with Crippen LogP contribution in [0.1, 0.15) is 25.7 Å². The molecule has 0 spiro atoms. The predicted octanol–water partition coefficient (Wildman–Crippen LogP) is 0.465. The standard InChI is InChI=1S/C6H13NO2S/c7-10(8,9)5-1-2-6-3-4-6/h6H,1-5H2,(H2,7,8,9). The summed E-state index contributed by atoms with van der Waals surface area (Å²) in [5.41, 5.74) is 0. The van der Waals surface area contributed by atoms with Gasteiger partial charge in [-0.1, -0.05) is 12.8 Å². The van der Waals surface area contributed by atoms with Crippen molar-refractivity contribution < 1.29 is 8.42 Å². The van der Waals surface area contributed by atoms with E-state index in [1.54, 1.807) is 0 Å². The normalized spacial score (nSPS) is 19.3. The van der Waals surface area contributed by atoms with E-state index in [1.807, 2.05) is 0 Å². The summed E-state index contributed by atoms with van der Waals surface area (Å²) in [6.07, 6.45) is 4.34. The van der Waals surface area contributed by atoms with E-state index in [0.717, 1.165) is 18.8 Å². The summed E-state index contributed by atoms with van der Waals surface area (Å²) >= 11 is 0. The Morgan fingerprint density at radius 3 is 2.40 bits per heavy atom. The molecule has 0 unspecified atom stereocenters. The first-order chi connectivity index (χ1) is 4.58. The SMILES string of the molecule is NS(=O)(=O)CCCC1CC1. The lowest BCUT2D eigenvalue weighted by Gasteiger charge is -1.95. The van der Waals surface area contributed by atoms with E-state index < -0.39 is 10.0 Å². The molecule has 1 saturated carbocycles. The average molecular weight is 163 g/mol. The van der Waals surface area contributed by atoms with Crippen LogP contribution in [0, 0.1) is 5.92 Å². The Morgan fingerprint density at radius 2 is 2.00 bits per heavy atom. The van der Waals surface area contributed by atoms with Crippen LogP contribution < -0.4 is 5.14 Å². The lowest BCUT2D eigenvalue weighted by molar-refractivity contribution is 0.590. The maximum Gasteiger partial charge on any atom is 0.209 e. The maximum atomic E-state index is 10.4. The van der Waals surface area contributed by atoms with E-state index in [4.69, 9.17) is 5.14 Å². The van der Waals surface area contributed by atoms with Gasteiger partial charge >= 0.3 is 0 Å². The molecule has 0 saturated heterocycles. The molecule has 0 heterocycles. The summed E-state index contributed by atoms with van der Waals surface area (Å²) in [7, 11) is -3.19. The monoisotopic (exact) mass is 163 g/mol. The van der Waals surface area contributed by atoms with Gasteiger partial charge in [0.2, 0.25) is 10.0 Å². The average Bonchev–Trinajstić information content (AvgIpc) is 2.45. The molecule has 1 aliphatic carbocycles. The highest BCUT2D eigenvalue weighted by Gasteiger charge is 2.20. The van der Waals surface area contributed by atoms with Crippen LogP contribution in [-0.4, -0.2) is 14.2 Å². The highest BCUT2D eigenvalue weighted by molar-refractivity contribution is 7.89. The fourth-order valence-corrected chi connectivity index (χ4v) is 1.55. The van der Waals surface area contributed by atoms with Crippen molar-refractivity contribution in [2.75, 3.05) is 5.75 Å². The summed E-state index contributed by atoms with van der Waals surface area (Å²) in [5.74, 6) is 0.963. The molecule has 0 atom stereocenters. The summed E-state index contributed by atoms with van der Waals surface area (Å²) < 4.78 is 20.8. The number of sulfonamides is 1. The van der Waals surface area contributed by atoms with Crippen molar-refractivity contribution in [2.24, 2.45) is 11.1 Å². The molecular weight excluding hydrogens is 150 g/mol. The molecule has 60 valence electrons. The Balaban J connectivity index is 2.04. The van der Waals surface area contributed by atoms with Gasteiger partial charge < -0.3 is 0 Å². The van der Waals surface area contributed by atoms with Crippen molar-refractivity contribution in [3.05, 3.63) is 0 Å². The van der Waals surface area contributed by atoms with Gasteiger partial charge in [-0.25, -0.2) is 13.6 Å². The molecule has 0 radical (unpaired) electrons. The Labute approximate surface area is 61.7 Å². The molecule has 1 aliphatic rings. The largest absolute Gasteiger partial charge is 0.229 e. The molecule has 2 N–H and O–H groups in total. The van der Waals surface area contributed by atoms with E-state index >= 15 is 0 Å². The molecule has 4 heteroatoms. The van der Waals surface area contributed by atoms with Crippen LogP contribution in [0.15, 0.2) is 0 Å². The Kier molecular flexibility index (Phi) is 2.31. The van der Waals surface area contributed by atoms with Crippen LogP contribution in [0.4, 0.5) is 0 Å². The molecule has 1 fully saturated rings. The lowest BCUT2D eigenvalue weighted by atomic mass is 10.2. The Hall–Kier alpha value is -0.0900. The molecule has 3 nitrogen and oxygen atoms in total. The Morgan fingerprint density at radius 1 is 1.40 bits per heavy atom. The second-order valence-electron chi connectivity index (χ2n) is 2.95. The predicted molar refractivity (Wildman–Crippen MR) is 39.9 cm³/mol. The molecule has 10 heavy (non-hydrogen) atoms. The molecule has 0 aromatic carbocycles. The van der Waals surface area contributed by atoms with Gasteiger partial charge in [0.15, 0.2) is 0 Å². The third-order valence-corrected chi connectivity index (χ3v) is 2.60. The molecule has 0 aromatic heterocycles. The summed E-state index contributed by atoms with van der Waals surface area (Å²) in [5, 5.41) is 4.81. The fraction of sp³-hybridized carbons (Fsp3) is 1.00. The van der Waals surface area contributed by atoms with Crippen molar-refractivity contribution in [1.82, 2.24) is 0 Å². The van der Waals surface area contributed by atoms with Crippen molar-refractivity contribution in [3.8, 4) is 0 Å². The first-order valence-electron chi connectivity index (χ1n) is 3.58. The summed E-state index contributed by atoms with van der Waals surface area (Å²) in [6, 6.07) is 0. The fourth-order valence-electron chi connectivity index (χ4n) is 0.980. The maximum absolute atomic E-state index is 10.4. The highest BCUT2D eigenvalue weighted by atomic mass is 32.2. The number of nitrogens with two attached hydrogens (primary N) is 1. The van der Waals surface area contributed by atoms with E-state index in [9.17, 15) is 8.42 Å². The van der Waals surface area contributed by atoms with Gasteiger partial charge in [0.1, 0.15) is 0 Å². The Bertz CT molecular complexity index is 194. The molecule has 0 aliphatic heterocycles. The second kappa shape index (κ2) is 2.88. The number of rotatable bonds is 4. The van der Waals surface area contributed by atoms with E-state index in [2.05, 4.69) is 0 Å². The van der Waals surface area contributed by atoms with Gasteiger partial charge in [-0.2, -0.15) is 0 Å². The van der Waals surface area contributed by atoms with Crippen LogP contribution in [0.25, 0.3) is 0 Å². The first kappa shape index (κ1) is 8.01. The van der Waals surface area contributed by atoms with E-state index in [-0.39, 0.29) is 5.75 Å². The van der Waals surface area contributed by atoms with E-state index in [1.165, 1.54) is 12.8 Å². The zero-order valence-electron chi connectivity index (χ0n) is 5.91. The third kappa shape index (κ3) is 3.85. The van der Waals surface area contributed by atoms with Crippen LogP contribution in [0.5, 0.6) is 0 Å². The number of primary sulfonamides is 1. The van der Waals surface area contributed by atoms with Crippen molar-refractivity contribution >= 4 is 10.0 Å². The first-order valence-corrected chi connectivity index (χ1v) is 5.30. The van der Waals surface area contributed by atoms with Crippen LogP contribution in [0.3, 0.4) is 0 Å². The second-order valence-corrected chi connectivity index (χ2v) is 4.69. The molecule has 0 aromatic rings. The molecule has 1 rings (SSSR count). The minimum absolute atomic E-state index is 0.156. The summed E-state index contributed by atoms with van der Waals surface area (Å²) in [4.78, 5) is 0. The van der Waals surface area contributed by atoms with Crippen LogP contribution in [0.2, 0.25) is 0 Å². The summed E-state index contributed by atoms with van der Waals surface area (Å²) in [6.45, 7) is 0. The van der Waals surface area contributed by atoms with E-state index in [0.29, 0.717) is 0 Å². The van der Waals surface area contributed by atoms with Crippen molar-refractivity contribution in [2.45, 2.75) is 25.7 Å². The van der Waals surface area contributed by atoms with Gasteiger partial charge in [0.05, 0.1) is 5.75 Å². The zero-order chi connectivity index (χ0) is 7.61. The zero-order valence-corrected chi connectivity index (χ0v) is 6.73. The topological polar surface area (TPSA) is 60.2 Å². The van der Waals surface area contributed by atoms with Crippen LogP contribution in [-0.2, 0) is 10.0 Å². The minimum atomic E-state index is -3.19. The smallest absolute Gasteiger partial charge is 0.209 e. The number of hydrogen-bond donors (Lipinski definition) is 1. The highest BCUT2D eigenvalue weighted by Crippen LogP contribution is 2.33. The van der Waals surface area contributed by atoms with Crippen LogP contribution >= 0.6 is 0 Å². The van der Waals surface area contributed by atoms with Crippen molar-refractivity contribution in [3.63, 3.8) is 0 Å². The van der Waals surface area contributed by atoms with Crippen molar-refractivity contribution in [1.29, 1.82) is 0 Å². The van der Waals surface area contributed by atoms with Gasteiger partial charge in [-0.3, -0.25) is 0 Å². The molecular formula is C6H13NO2S. The van der Waals surface area contributed by atoms with Gasteiger partial charge in [-0.05, 0) is 18.8 Å². The number of hydrogen-bond acceptors (Lipinski definition) is 2. The third-order valence-electron chi connectivity index (χ3n) is 1.74. The van der Waals surface area contributed by atoms with Gasteiger partial charge in [0.25, 0.3) is 0 Å².